The van der Waals surface area contributed by atoms with Crippen molar-refractivity contribution in [1.82, 2.24) is 10.2 Å². The minimum Gasteiger partial charge on any atom is -0.352 e. The Bertz CT molecular complexity index is 1140. The van der Waals surface area contributed by atoms with Gasteiger partial charge in [0.1, 0.15) is 6.04 Å². The molecule has 1 fully saturated rings. The van der Waals surface area contributed by atoms with E-state index in [1.54, 1.807) is 11.0 Å². The molecule has 0 radical (unpaired) electrons. The third-order valence-corrected chi connectivity index (χ3v) is 7.08. The van der Waals surface area contributed by atoms with Crippen LogP contribution >= 0.6 is 11.6 Å². The summed E-state index contributed by atoms with van der Waals surface area (Å²) >= 11 is 6.39. The quantitative estimate of drug-likeness (QED) is 0.408. The van der Waals surface area contributed by atoms with E-state index in [0.717, 1.165) is 47.9 Å². The van der Waals surface area contributed by atoms with Crippen LogP contribution in [0.15, 0.2) is 78.9 Å². The van der Waals surface area contributed by atoms with Gasteiger partial charge in [-0.15, -0.1) is 0 Å². The minimum atomic E-state index is -0.617. The van der Waals surface area contributed by atoms with Crippen LogP contribution in [0.25, 0.3) is 0 Å². The van der Waals surface area contributed by atoms with Crippen LogP contribution in [0.2, 0.25) is 5.02 Å². The smallest absolute Gasteiger partial charge is 0.243 e. The number of carbonyl (C=O) groups is 2. The third kappa shape index (κ3) is 6.95. The second-order valence-corrected chi connectivity index (χ2v) is 9.88. The van der Waals surface area contributed by atoms with E-state index in [1.807, 2.05) is 73.7 Å². The molecule has 3 aromatic carbocycles. The van der Waals surface area contributed by atoms with Crippen molar-refractivity contribution < 1.29 is 9.59 Å². The predicted octanol–water partition coefficient (Wildman–Crippen LogP) is 5.89. The molecular formula is C30H33ClN2O2. The van der Waals surface area contributed by atoms with Crippen LogP contribution in [0.5, 0.6) is 0 Å². The first-order valence-electron chi connectivity index (χ1n) is 12.4. The van der Waals surface area contributed by atoms with Gasteiger partial charge in [-0.3, -0.25) is 9.59 Å². The fraction of sp³-hybridized carbons (Fsp3) is 0.333. The van der Waals surface area contributed by atoms with Crippen LogP contribution < -0.4 is 5.32 Å². The Balaban J connectivity index is 1.67. The summed E-state index contributed by atoms with van der Waals surface area (Å²) < 4.78 is 0. The Labute approximate surface area is 213 Å². The van der Waals surface area contributed by atoms with Gasteiger partial charge in [0, 0.05) is 24.0 Å². The van der Waals surface area contributed by atoms with Crippen LogP contribution in [0.4, 0.5) is 0 Å². The average Bonchev–Trinajstić information content (AvgIpc) is 3.36. The van der Waals surface area contributed by atoms with Crippen LogP contribution in [-0.2, 0) is 29.0 Å². The largest absolute Gasteiger partial charge is 0.352 e. The molecule has 0 spiro atoms. The van der Waals surface area contributed by atoms with Crippen molar-refractivity contribution in [1.29, 1.82) is 0 Å². The molecule has 4 rings (SSSR count). The number of nitrogens with one attached hydrogen (secondary N) is 1. The second-order valence-electron chi connectivity index (χ2n) is 9.47. The summed E-state index contributed by atoms with van der Waals surface area (Å²) in [6.45, 7) is 2.40. The first kappa shape index (κ1) is 25.0. The number of hydrogen-bond donors (Lipinski definition) is 1. The Morgan fingerprint density at radius 2 is 1.63 bits per heavy atom. The van der Waals surface area contributed by atoms with Crippen molar-refractivity contribution >= 4 is 23.4 Å². The van der Waals surface area contributed by atoms with E-state index in [1.165, 1.54) is 0 Å². The molecule has 0 unspecified atom stereocenters. The van der Waals surface area contributed by atoms with Crippen LogP contribution in [0.3, 0.4) is 0 Å². The van der Waals surface area contributed by atoms with Crippen molar-refractivity contribution in [2.45, 2.75) is 64.1 Å². The topological polar surface area (TPSA) is 49.4 Å². The monoisotopic (exact) mass is 488 g/mol. The molecular weight excluding hydrogens is 456 g/mol. The lowest BCUT2D eigenvalue weighted by molar-refractivity contribution is -0.141. The number of benzene rings is 3. The summed E-state index contributed by atoms with van der Waals surface area (Å²) in [5.41, 5.74) is 3.92. The lowest BCUT2D eigenvalue weighted by Gasteiger charge is -2.32. The van der Waals surface area contributed by atoms with Crippen LogP contribution in [-0.4, -0.2) is 28.8 Å². The zero-order chi connectivity index (χ0) is 24.6. The van der Waals surface area contributed by atoms with Gasteiger partial charge >= 0.3 is 0 Å². The zero-order valence-corrected chi connectivity index (χ0v) is 21.0. The van der Waals surface area contributed by atoms with Crippen molar-refractivity contribution in [3.63, 3.8) is 0 Å². The van der Waals surface area contributed by atoms with E-state index in [0.29, 0.717) is 18.0 Å². The standard InChI is InChI=1S/C30H33ClN2O2/c1-22-10-9-13-24(18-22)21-33(29(34)20-25-14-5-8-17-27(25)31)28(19-23-11-3-2-4-12-23)30(35)32-26-15-6-7-16-26/h2-5,8-14,17-18,26,28H,6-7,15-16,19-21H2,1H3,(H,32,35)/t28-/m0/s1. The molecule has 1 N–H and O–H groups in total. The van der Waals surface area contributed by atoms with Crippen molar-refractivity contribution in [2.24, 2.45) is 0 Å². The molecule has 35 heavy (non-hydrogen) atoms. The summed E-state index contributed by atoms with van der Waals surface area (Å²) in [5.74, 6) is -0.192. The Morgan fingerprint density at radius 3 is 2.34 bits per heavy atom. The number of hydrogen-bond acceptors (Lipinski definition) is 2. The fourth-order valence-electron chi connectivity index (χ4n) is 4.83. The molecule has 0 heterocycles. The Hall–Kier alpha value is -3.11. The summed E-state index contributed by atoms with van der Waals surface area (Å²) in [6.07, 6.45) is 4.86. The van der Waals surface area contributed by atoms with Gasteiger partial charge in [-0.25, -0.2) is 0 Å². The van der Waals surface area contributed by atoms with Gasteiger partial charge in [0.15, 0.2) is 0 Å². The van der Waals surface area contributed by atoms with Crippen LogP contribution in [0, 0.1) is 6.92 Å². The summed E-state index contributed by atoms with van der Waals surface area (Å²) in [4.78, 5) is 29.3. The lowest BCUT2D eigenvalue weighted by atomic mass is 10.0. The highest BCUT2D eigenvalue weighted by molar-refractivity contribution is 6.31. The van der Waals surface area contributed by atoms with Crippen molar-refractivity contribution in [2.75, 3.05) is 0 Å². The first-order chi connectivity index (χ1) is 17.0. The highest BCUT2D eigenvalue weighted by Crippen LogP contribution is 2.22. The van der Waals surface area contributed by atoms with Gasteiger partial charge in [0.25, 0.3) is 0 Å². The summed E-state index contributed by atoms with van der Waals surface area (Å²) in [7, 11) is 0. The molecule has 1 saturated carbocycles. The molecule has 1 atom stereocenters. The van der Waals surface area contributed by atoms with E-state index in [9.17, 15) is 9.59 Å². The first-order valence-corrected chi connectivity index (χ1v) is 12.8. The van der Waals surface area contributed by atoms with E-state index in [2.05, 4.69) is 11.4 Å². The maximum absolute atomic E-state index is 13.8. The Kier molecular flexibility index (Phi) is 8.59. The SMILES string of the molecule is Cc1cccc(CN(C(=O)Cc2ccccc2Cl)[C@@H](Cc2ccccc2)C(=O)NC2CCCC2)c1. The van der Waals surface area contributed by atoms with Crippen LogP contribution in [0.1, 0.15) is 47.9 Å². The zero-order valence-electron chi connectivity index (χ0n) is 20.3. The van der Waals surface area contributed by atoms with E-state index < -0.39 is 6.04 Å². The number of nitrogens with zero attached hydrogens (tertiary/aromatic N) is 1. The predicted molar refractivity (Wildman–Crippen MR) is 141 cm³/mol. The van der Waals surface area contributed by atoms with Crippen molar-refractivity contribution in [3.05, 3.63) is 106 Å². The molecule has 182 valence electrons. The molecule has 0 bridgehead atoms. The number of rotatable bonds is 9. The van der Waals surface area contributed by atoms with Gasteiger partial charge in [-0.05, 0) is 42.5 Å². The lowest BCUT2D eigenvalue weighted by Crippen LogP contribution is -2.52. The number of halogens is 1. The highest BCUT2D eigenvalue weighted by Gasteiger charge is 2.32. The normalized spacial score (nSPS) is 14.5. The molecule has 1 aliphatic carbocycles. The molecule has 0 aliphatic heterocycles. The van der Waals surface area contributed by atoms with Gasteiger partial charge in [0.2, 0.25) is 11.8 Å². The Morgan fingerprint density at radius 1 is 0.943 bits per heavy atom. The van der Waals surface area contributed by atoms with Gasteiger partial charge in [0.05, 0.1) is 6.42 Å². The highest BCUT2D eigenvalue weighted by atomic mass is 35.5. The third-order valence-electron chi connectivity index (χ3n) is 6.71. The number of aryl methyl sites for hydroxylation is 1. The maximum atomic E-state index is 13.8. The average molecular weight is 489 g/mol. The molecule has 1 aliphatic rings. The molecule has 3 aromatic rings. The summed E-state index contributed by atoms with van der Waals surface area (Å²) in [5, 5.41) is 3.81. The van der Waals surface area contributed by atoms with E-state index >= 15 is 0 Å². The summed E-state index contributed by atoms with van der Waals surface area (Å²) in [6, 6.07) is 25.0. The molecule has 0 saturated heterocycles. The van der Waals surface area contributed by atoms with Gasteiger partial charge in [-0.1, -0.05) is 103 Å². The fourth-order valence-corrected chi connectivity index (χ4v) is 5.04. The van der Waals surface area contributed by atoms with E-state index in [4.69, 9.17) is 11.6 Å². The second kappa shape index (κ2) is 12.0. The minimum absolute atomic E-state index is 0.0825. The van der Waals surface area contributed by atoms with E-state index in [-0.39, 0.29) is 24.3 Å². The van der Waals surface area contributed by atoms with Gasteiger partial charge in [-0.2, -0.15) is 0 Å². The molecule has 4 nitrogen and oxygen atoms in total. The molecule has 5 heteroatoms. The molecule has 0 aromatic heterocycles. The number of carbonyl (C=O) groups excluding carboxylic acids is 2. The van der Waals surface area contributed by atoms with Crippen molar-refractivity contribution in [3.8, 4) is 0 Å². The molecule has 2 amide bonds. The maximum Gasteiger partial charge on any atom is 0.243 e. The number of amides is 2. The van der Waals surface area contributed by atoms with Gasteiger partial charge < -0.3 is 10.2 Å².